The molecule has 0 saturated heterocycles. The summed E-state index contributed by atoms with van der Waals surface area (Å²) in [5.41, 5.74) is 6.30. The number of anilines is 1. The molecule has 94 valence electrons. The quantitative estimate of drug-likeness (QED) is 0.824. The smallest absolute Gasteiger partial charge is 0.229 e. The second kappa shape index (κ2) is 5.18. The molecule has 0 spiro atoms. The number of sulfonamides is 1. The summed E-state index contributed by atoms with van der Waals surface area (Å²) in [6, 6.07) is 6.76. The van der Waals surface area contributed by atoms with Crippen molar-refractivity contribution in [3.05, 3.63) is 29.8 Å². The van der Waals surface area contributed by atoms with Gasteiger partial charge in [0.25, 0.3) is 0 Å². The van der Waals surface area contributed by atoms with E-state index in [0.717, 1.165) is 6.26 Å². The largest absolute Gasteiger partial charge is 0.369 e. The van der Waals surface area contributed by atoms with Crippen LogP contribution in [0.25, 0.3) is 0 Å². The predicted molar refractivity (Wildman–Crippen MR) is 67.1 cm³/mol. The van der Waals surface area contributed by atoms with Crippen LogP contribution in [-0.4, -0.2) is 20.6 Å². The average molecular weight is 256 g/mol. The first kappa shape index (κ1) is 13.5. The fraction of sp³-hybridized carbons (Fsp3) is 0.364. The van der Waals surface area contributed by atoms with Gasteiger partial charge in [0, 0.05) is 0 Å². The number of hydrogen-bond donors (Lipinski definition) is 2. The van der Waals surface area contributed by atoms with Gasteiger partial charge < -0.3 is 5.73 Å². The van der Waals surface area contributed by atoms with Crippen molar-refractivity contribution >= 4 is 21.6 Å². The maximum Gasteiger partial charge on any atom is 0.229 e. The molecule has 1 rings (SSSR count). The Morgan fingerprint density at radius 1 is 1.41 bits per heavy atom. The summed E-state index contributed by atoms with van der Waals surface area (Å²) < 4.78 is 24.8. The number of carbonyl (C=O) groups excluding carboxylic acids is 1. The number of primary amides is 1. The lowest BCUT2D eigenvalue weighted by Crippen LogP contribution is -2.22. The van der Waals surface area contributed by atoms with E-state index in [1.165, 1.54) is 0 Å². The summed E-state index contributed by atoms with van der Waals surface area (Å²) in [7, 11) is -3.37. The number of nitrogens with two attached hydrogens (primary N) is 1. The molecule has 0 aromatic heterocycles. The number of rotatable bonds is 5. The first-order chi connectivity index (χ1) is 7.85. The zero-order valence-corrected chi connectivity index (χ0v) is 10.6. The number of carbonyl (C=O) groups is 1. The highest BCUT2D eigenvalue weighted by Gasteiger charge is 2.19. The van der Waals surface area contributed by atoms with Gasteiger partial charge in [-0.25, -0.2) is 8.42 Å². The second-order valence-corrected chi connectivity index (χ2v) is 5.57. The molecule has 0 aliphatic rings. The highest BCUT2D eigenvalue weighted by atomic mass is 32.2. The normalized spacial score (nSPS) is 13.1. The van der Waals surface area contributed by atoms with Gasteiger partial charge in [-0.1, -0.05) is 25.1 Å². The predicted octanol–water partition coefficient (Wildman–Crippen LogP) is 1.04. The molecule has 1 aromatic rings. The van der Waals surface area contributed by atoms with Gasteiger partial charge in [0.2, 0.25) is 15.9 Å². The van der Waals surface area contributed by atoms with Crippen molar-refractivity contribution in [3.8, 4) is 0 Å². The minimum Gasteiger partial charge on any atom is -0.369 e. The Morgan fingerprint density at radius 2 is 2.00 bits per heavy atom. The standard InChI is InChI=1S/C11H16N2O3S/c1-3-8(11(12)14)9-6-4-5-7-10(9)13-17(2,15)16/h4-8,13H,3H2,1-2H3,(H2,12,14). The maximum atomic E-state index is 11.3. The molecule has 0 fully saturated rings. The minimum absolute atomic E-state index is 0.403. The zero-order valence-electron chi connectivity index (χ0n) is 9.80. The van der Waals surface area contributed by atoms with Crippen molar-refractivity contribution in [1.82, 2.24) is 0 Å². The lowest BCUT2D eigenvalue weighted by atomic mass is 9.94. The molecule has 17 heavy (non-hydrogen) atoms. The zero-order chi connectivity index (χ0) is 13.1. The molecule has 0 aliphatic carbocycles. The lowest BCUT2D eigenvalue weighted by molar-refractivity contribution is -0.119. The van der Waals surface area contributed by atoms with Crippen molar-refractivity contribution in [3.63, 3.8) is 0 Å². The van der Waals surface area contributed by atoms with Crippen LogP contribution >= 0.6 is 0 Å². The van der Waals surface area contributed by atoms with Gasteiger partial charge in [0.05, 0.1) is 17.9 Å². The van der Waals surface area contributed by atoms with Crippen LogP contribution in [-0.2, 0) is 14.8 Å². The number of nitrogens with one attached hydrogen (secondary N) is 1. The van der Waals surface area contributed by atoms with Crippen molar-refractivity contribution in [2.24, 2.45) is 5.73 Å². The van der Waals surface area contributed by atoms with E-state index in [-0.39, 0.29) is 0 Å². The Labute approximate surface area is 101 Å². The van der Waals surface area contributed by atoms with Crippen LogP contribution in [0.15, 0.2) is 24.3 Å². The summed E-state index contributed by atoms with van der Waals surface area (Å²) in [5, 5.41) is 0. The molecular formula is C11H16N2O3S. The molecule has 0 saturated carbocycles. The molecule has 1 unspecified atom stereocenters. The molecule has 3 N–H and O–H groups in total. The number of hydrogen-bond acceptors (Lipinski definition) is 3. The second-order valence-electron chi connectivity index (χ2n) is 3.82. The maximum absolute atomic E-state index is 11.3. The first-order valence-corrected chi connectivity index (χ1v) is 7.10. The van der Waals surface area contributed by atoms with E-state index in [1.54, 1.807) is 24.3 Å². The Balaban J connectivity index is 3.19. The van der Waals surface area contributed by atoms with E-state index < -0.39 is 21.8 Å². The van der Waals surface area contributed by atoms with Gasteiger partial charge >= 0.3 is 0 Å². The average Bonchev–Trinajstić information content (AvgIpc) is 2.18. The molecule has 6 heteroatoms. The van der Waals surface area contributed by atoms with Gasteiger partial charge in [-0.05, 0) is 18.1 Å². The summed E-state index contributed by atoms with van der Waals surface area (Å²) >= 11 is 0. The van der Waals surface area contributed by atoms with E-state index in [2.05, 4.69) is 4.72 Å². The van der Waals surface area contributed by atoms with Crippen LogP contribution in [0.4, 0.5) is 5.69 Å². The summed E-state index contributed by atoms with van der Waals surface area (Å²) in [6.07, 6.45) is 1.59. The topological polar surface area (TPSA) is 89.3 Å². The van der Waals surface area contributed by atoms with Gasteiger partial charge in [-0.3, -0.25) is 9.52 Å². The van der Waals surface area contributed by atoms with E-state index in [1.807, 2.05) is 6.92 Å². The van der Waals surface area contributed by atoms with Crippen molar-refractivity contribution in [2.45, 2.75) is 19.3 Å². The molecule has 0 heterocycles. The highest BCUT2D eigenvalue weighted by Crippen LogP contribution is 2.27. The Morgan fingerprint density at radius 3 is 2.47 bits per heavy atom. The van der Waals surface area contributed by atoms with Crippen LogP contribution < -0.4 is 10.5 Å². The van der Waals surface area contributed by atoms with E-state index in [9.17, 15) is 13.2 Å². The minimum atomic E-state index is -3.37. The monoisotopic (exact) mass is 256 g/mol. The van der Waals surface area contributed by atoms with Crippen LogP contribution in [0, 0.1) is 0 Å². The number of para-hydroxylation sites is 1. The van der Waals surface area contributed by atoms with Gasteiger partial charge in [0.15, 0.2) is 0 Å². The molecule has 0 radical (unpaired) electrons. The Hall–Kier alpha value is -1.56. The molecular weight excluding hydrogens is 240 g/mol. The van der Waals surface area contributed by atoms with Gasteiger partial charge in [0.1, 0.15) is 0 Å². The highest BCUT2D eigenvalue weighted by molar-refractivity contribution is 7.92. The summed E-state index contributed by atoms with van der Waals surface area (Å²) in [4.78, 5) is 11.3. The third-order valence-electron chi connectivity index (χ3n) is 2.38. The lowest BCUT2D eigenvalue weighted by Gasteiger charge is -2.16. The summed E-state index contributed by atoms with van der Waals surface area (Å²) in [6.45, 7) is 1.83. The SMILES string of the molecule is CCC(C(N)=O)c1ccccc1NS(C)(=O)=O. The molecule has 0 aliphatic heterocycles. The number of amides is 1. The van der Waals surface area contributed by atoms with Crippen molar-refractivity contribution in [1.29, 1.82) is 0 Å². The third-order valence-corrected chi connectivity index (χ3v) is 2.97. The van der Waals surface area contributed by atoms with E-state index in [0.29, 0.717) is 17.7 Å². The molecule has 1 atom stereocenters. The van der Waals surface area contributed by atoms with Gasteiger partial charge in [-0.2, -0.15) is 0 Å². The summed E-state index contributed by atoms with van der Waals surface area (Å²) in [5.74, 6) is -0.948. The van der Waals surface area contributed by atoms with Crippen LogP contribution in [0.3, 0.4) is 0 Å². The van der Waals surface area contributed by atoms with Crippen LogP contribution in [0.1, 0.15) is 24.8 Å². The third kappa shape index (κ3) is 3.74. The molecule has 5 nitrogen and oxygen atoms in total. The molecule has 1 aromatic carbocycles. The Bertz CT molecular complexity index is 511. The fourth-order valence-corrected chi connectivity index (χ4v) is 2.25. The number of benzene rings is 1. The van der Waals surface area contributed by atoms with Gasteiger partial charge in [-0.15, -0.1) is 0 Å². The Kier molecular flexibility index (Phi) is 4.11. The van der Waals surface area contributed by atoms with Crippen LogP contribution in [0.2, 0.25) is 0 Å². The molecule has 0 bridgehead atoms. The fourth-order valence-electron chi connectivity index (χ4n) is 1.67. The van der Waals surface area contributed by atoms with Crippen molar-refractivity contribution < 1.29 is 13.2 Å². The first-order valence-electron chi connectivity index (χ1n) is 5.21. The van der Waals surface area contributed by atoms with E-state index in [4.69, 9.17) is 5.73 Å². The van der Waals surface area contributed by atoms with Crippen LogP contribution in [0.5, 0.6) is 0 Å². The van der Waals surface area contributed by atoms with E-state index >= 15 is 0 Å². The molecule has 1 amide bonds. The van der Waals surface area contributed by atoms with Crippen molar-refractivity contribution in [2.75, 3.05) is 11.0 Å².